The van der Waals surface area contributed by atoms with Crippen molar-refractivity contribution in [2.75, 3.05) is 11.9 Å². The zero-order valence-electron chi connectivity index (χ0n) is 5.83. The normalized spacial score (nSPS) is 9.50. The predicted octanol–water partition coefficient (Wildman–Crippen LogP) is 1.29. The van der Waals surface area contributed by atoms with Gasteiger partial charge in [-0.3, -0.25) is 0 Å². The Hall–Kier alpha value is -0.318. The Morgan fingerprint density at radius 3 is 2.70 bits per heavy atom. The van der Waals surface area contributed by atoms with E-state index in [-0.39, 0.29) is 0 Å². The molecule has 0 radical (unpaired) electrons. The van der Waals surface area contributed by atoms with Gasteiger partial charge in [-0.05, 0) is 0 Å². The molecule has 1 rings (SSSR count). The van der Waals surface area contributed by atoms with Crippen LogP contribution in [0.25, 0.3) is 0 Å². The fourth-order valence-corrected chi connectivity index (χ4v) is 1.20. The van der Waals surface area contributed by atoms with E-state index in [0.717, 1.165) is 10.6 Å². The van der Waals surface area contributed by atoms with Gasteiger partial charge in [0.05, 0.1) is 0 Å². The first-order chi connectivity index (χ1) is 4.84. The zero-order valence-corrected chi connectivity index (χ0v) is 7.39. The number of benzene rings is 1. The van der Waals surface area contributed by atoms with Crippen LogP contribution in [0.4, 0.5) is 5.69 Å². The topological polar surface area (TPSA) is 12.0 Å². The summed E-state index contributed by atoms with van der Waals surface area (Å²) in [6.45, 7) is 3.05. The van der Waals surface area contributed by atoms with Gasteiger partial charge < -0.3 is 0 Å². The van der Waals surface area contributed by atoms with Gasteiger partial charge in [-0.15, -0.1) is 0 Å². The fraction of sp³-hybridized carbons (Fsp3) is 0.250. The van der Waals surface area contributed by atoms with Gasteiger partial charge in [0.25, 0.3) is 0 Å². The van der Waals surface area contributed by atoms with Crippen molar-refractivity contribution < 1.29 is 19.2 Å². The first kappa shape index (κ1) is 7.79. The standard InChI is InChI=1S/C8H10N.Pd/c1-2-9-8-6-4-3-5-7-8;/h3-6,9H,2H2,1H3;. The number of anilines is 1. The van der Waals surface area contributed by atoms with E-state index in [1.165, 1.54) is 5.69 Å². The van der Waals surface area contributed by atoms with Gasteiger partial charge in [0.15, 0.2) is 0 Å². The van der Waals surface area contributed by atoms with E-state index in [0.29, 0.717) is 0 Å². The first-order valence-corrected chi connectivity index (χ1v) is 4.07. The van der Waals surface area contributed by atoms with E-state index in [9.17, 15) is 0 Å². The number of hydrogen-bond acceptors (Lipinski definition) is 1. The third kappa shape index (κ3) is 1.83. The van der Waals surface area contributed by atoms with Crippen molar-refractivity contribution in [1.29, 1.82) is 0 Å². The van der Waals surface area contributed by atoms with E-state index < -0.39 is 0 Å². The molecule has 1 nitrogen and oxygen atoms in total. The second-order valence-electron chi connectivity index (χ2n) is 1.98. The summed E-state index contributed by atoms with van der Waals surface area (Å²) in [4.78, 5) is 0. The number of hydrogen-bond donors (Lipinski definition) is 1. The van der Waals surface area contributed by atoms with E-state index in [4.69, 9.17) is 0 Å². The SMILES string of the molecule is CCNc1cccc[c]1[Pd]. The number of para-hydroxylation sites is 1. The Kier molecular flexibility index (Phi) is 2.92. The van der Waals surface area contributed by atoms with E-state index in [1.54, 1.807) is 0 Å². The third-order valence-electron chi connectivity index (χ3n) is 1.21. The van der Waals surface area contributed by atoms with Crippen LogP contribution in [0.15, 0.2) is 24.3 Å². The van der Waals surface area contributed by atoms with Crippen molar-refractivity contribution >= 4 is 9.72 Å². The Balaban J connectivity index is 2.81. The maximum absolute atomic E-state index is 3.24. The molecule has 1 aromatic carbocycles. The van der Waals surface area contributed by atoms with Gasteiger partial charge in [-0.1, -0.05) is 0 Å². The zero-order chi connectivity index (χ0) is 7.40. The van der Waals surface area contributed by atoms with Crippen LogP contribution in [-0.4, -0.2) is 6.54 Å². The van der Waals surface area contributed by atoms with E-state index in [1.807, 2.05) is 18.2 Å². The summed E-state index contributed by atoms with van der Waals surface area (Å²) < 4.78 is 1.16. The Morgan fingerprint density at radius 1 is 1.40 bits per heavy atom. The average Bonchev–Trinajstić information content (AvgIpc) is 1.94. The van der Waals surface area contributed by atoms with Crippen molar-refractivity contribution in [2.24, 2.45) is 0 Å². The number of nitrogens with one attached hydrogen (secondary N) is 1. The summed E-state index contributed by atoms with van der Waals surface area (Å²) >= 11 is 3.17. The predicted molar refractivity (Wildman–Crippen MR) is 40.2 cm³/mol. The Labute approximate surface area is 72.2 Å². The van der Waals surface area contributed by atoms with Gasteiger partial charge in [-0.25, -0.2) is 0 Å². The van der Waals surface area contributed by atoms with Crippen molar-refractivity contribution in [1.82, 2.24) is 0 Å². The summed E-state index contributed by atoms with van der Waals surface area (Å²) in [7, 11) is 0. The molecular weight excluding hydrogens is 217 g/mol. The Morgan fingerprint density at radius 2 is 2.10 bits per heavy atom. The number of rotatable bonds is 2. The van der Waals surface area contributed by atoms with Crippen LogP contribution in [0, 0.1) is 0 Å². The van der Waals surface area contributed by atoms with Crippen LogP contribution in [0.3, 0.4) is 0 Å². The molecule has 57 valence electrons. The molecule has 0 fully saturated rings. The Bertz CT molecular complexity index is 210. The van der Waals surface area contributed by atoms with Crippen LogP contribution in [0.5, 0.6) is 0 Å². The molecule has 0 heterocycles. The molecule has 0 saturated carbocycles. The van der Waals surface area contributed by atoms with E-state index >= 15 is 0 Å². The molecule has 0 spiro atoms. The molecule has 0 unspecified atom stereocenters. The van der Waals surface area contributed by atoms with Crippen molar-refractivity contribution in [3.63, 3.8) is 0 Å². The summed E-state index contributed by atoms with van der Waals surface area (Å²) in [5.74, 6) is 0. The molecule has 0 bridgehead atoms. The van der Waals surface area contributed by atoms with Crippen molar-refractivity contribution in [2.45, 2.75) is 6.92 Å². The van der Waals surface area contributed by atoms with Gasteiger partial charge in [0, 0.05) is 0 Å². The summed E-state index contributed by atoms with van der Waals surface area (Å²) in [6.07, 6.45) is 0. The van der Waals surface area contributed by atoms with Gasteiger partial charge >= 0.3 is 72.0 Å². The van der Waals surface area contributed by atoms with Crippen molar-refractivity contribution in [3.8, 4) is 0 Å². The molecule has 10 heavy (non-hydrogen) atoms. The minimum atomic E-state index is 0.967. The summed E-state index contributed by atoms with van der Waals surface area (Å²) in [5.41, 5.74) is 1.17. The van der Waals surface area contributed by atoms with Crippen LogP contribution >= 0.6 is 0 Å². The second-order valence-corrected chi connectivity index (χ2v) is 2.81. The molecule has 0 aliphatic carbocycles. The second kappa shape index (κ2) is 3.75. The summed E-state index contributed by atoms with van der Waals surface area (Å²) in [5, 5.41) is 3.24. The minimum absolute atomic E-state index is 0.967. The molecule has 0 amide bonds. The molecule has 1 aromatic rings. The molecule has 0 saturated heterocycles. The van der Waals surface area contributed by atoms with Gasteiger partial charge in [-0.2, -0.15) is 0 Å². The molecular formula is C8H10NPd. The molecule has 0 aliphatic rings. The van der Waals surface area contributed by atoms with Gasteiger partial charge in [0.2, 0.25) is 0 Å². The monoisotopic (exact) mass is 226 g/mol. The molecule has 2 heteroatoms. The first-order valence-electron chi connectivity index (χ1n) is 3.30. The maximum atomic E-state index is 3.24. The van der Waals surface area contributed by atoms with Crippen LogP contribution in [-0.2, 0) is 19.2 Å². The summed E-state index contributed by atoms with van der Waals surface area (Å²) in [6, 6.07) is 8.14. The molecule has 0 aliphatic heterocycles. The average molecular weight is 227 g/mol. The quantitative estimate of drug-likeness (QED) is 0.750. The molecule has 1 N–H and O–H groups in total. The van der Waals surface area contributed by atoms with Crippen molar-refractivity contribution in [3.05, 3.63) is 24.3 Å². The molecule has 0 aromatic heterocycles. The van der Waals surface area contributed by atoms with Crippen LogP contribution < -0.4 is 9.35 Å². The fourth-order valence-electron chi connectivity index (χ4n) is 0.778. The third-order valence-corrected chi connectivity index (χ3v) is 1.89. The van der Waals surface area contributed by atoms with E-state index in [2.05, 4.69) is 37.5 Å². The van der Waals surface area contributed by atoms with Crippen LogP contribution in [0.1, 0.15) is 6.92 Å². The van der Waals surface area contributed by atoms with Gasteiger partial charge in [0.1, 0.15) is 0 Å². The molecule has 0 atom stereocenters. The van der Waals surface area contributed by atoms with Crippen LogP contribution in [0.2, 0.25) is 0 Å².